The van der Waals surface area contributed by atoms with Crippen molar-refractivity contribution >= 4 is 29.2 Å². The van der Waals surface area contributed by atoms with Crippen LogP contribution in [0, 0.1) is 6.92 Å². The van der Waals surface area contributed by atoms with Gasteiger partial charge in [-0.15, -0.1) is 0 Å². The smallest absolute Gasteiger partial charge is 0.343 e. The lowest BCUT2D eigenvalue weighted by molar-refractivity contribution is -0.123. The number of hydrogen-bond donors (Lipinski definition) is 3. The van der Waals surface area contributed by atoms with Gasteiger partial charge >= 0.3 is 12.2 Å². The third-order valence-corrected chi connectivity index (χ3v) is 4.50. The monoisotopic (exact) mass is 420 g/mol. The molecule has 3 rings (SSSR count). The van der Waals surface area contributed by atoms with Crippen molar-refractivity contribution in [3.05, 3.63) is 59.2 Å². The molecule has 0 spiro atoms. The molecular formula is C20H19F3N4O3. The lowest BCUT2D eigenvalue weighted by Gasteiger charge is -2.15. The minimum absolute atomic E-state index is 0.00413. The minimum atomic E-state index is -4.51. The molecule has 1 fully saturated rings. The Morgan fingerprint density at radius 3 is 2.33 bits per heavy atom. The van der Waals surface area contributed by atoms with E-state index in [9.17, 15) is 27.6 Å². The fraction of sp³-hybridized carbons (Fsp3) is 0.250. The number of alkyl halides is 3. The maximum absolute atomic E-state index is 12.5. The van der Waals surface area contributed by atoms with E-state index in [1.165, 1.54) is 18.2 Å². The van der Waals surface area contributed by atoms with Gasteiger partial charge in [0, 0.05) is 35.6 Å². The highest BCUT2D eigenvalue weighted by Crippen LogP contribution is 2.21. The molecule has 1 aliphatic rings. The van der Waals surface area contributed by atoms with Crippen LogP contribution < -0.4 is 20.9 Å². The number of anilines is 2. The average Bonchev–Trinajstić information content (AvgIpc) is 3.13. The number of benzene rings is 2. The van der Waals surface area contributed by atoms with E-state index < -0.39 is 24.5 Å². The fourth-order valence-electron chi connectivity index (χ4n) is 2.89. The van der Waals surface area contributed by atoms with E-state index in [0.717, 1.165) is 0 Å². The standard InChI is InChI=1S/C20H19F3N4O3/c1-12-2-3-14(17(28)25-11-20(21,22)23)10-16(12)26-18(29)13-4-6-15(7-5-13)27-9-8-24-19(27)30/h2-7,10H,8-9,11H2,1H3,(H,24,30)(H,25,28)(H,26,29). The zero-order valence-electron chi connectivity index (χ0n) is 16.0. The van der Waals surface area contributed by atoms with Crippen LogP contribution in [0.2, 0.25) is 0 Å². The zero-order valence-corrected chi connectivity index (χ0v) is 16.0. The molecule has 0 aromatic heterocycles. The molecule has 0 atom stereocenters. The molecule has 0 bridgehead atoms. The van der Waals surface area contributed by atoms with Crippen LogP contribution in [0.3, 0.4) is 0 Å². The first-order chi connectivity index (χ1) is 14.1. The lowest BCUT2D eigenvalue weighted by Crippen LogP contribution is -2.33. The predicted octanol–water partition coefficient (Wildman–Crippen LogP) is 3.07. The normalized spacial score (nSPS) is 13.7. The number of aryl methyl sites for hydroxylation is 1. The van der Waals surface area contributed by atoms with E-state index in [2.05, 4.69) is 10.6 Å². The van der Waals surface area contributed by atoms with Crippen LogP contribution in [0.25, 0.3) is 0 Å². The summed E-state index contributed by atoms with van der Waals surface area (Å²) in [7, 11) is 0. The molecule has 0 aliphatic carbocycles. The van der Waals surface area contributed by atoms with E-state index in [4.69, 9.17) is 0 Å². The first-order valence-electron chi connectivity index (χ1n) is 9.06. The molecule has 30 heavy (non-hydrogen) atoms. The SMILES string of the molecule is Cc1ccc(C(=O)NCC(F)(F)F)cc1NC(=O)c1ccc(N2CCNC2=O)cc1. The molecule has 0 saturated carbocycles. The van der Waals surface area contributed by atoms with E-state index in [-0.39, 0.29) is 11.6 Å². The summed E-state index contributed by atoms with van der Waals surface area (Å²) in [6.07, 6.45) is -4.51. The van der Waals surface area contributed by atoms with Crippen LogP contribution in [0.1, 0.15) is 26.3 Å². The van der Waals surface area contributed by atoms with Gasteiger partial charge in [-0.2, -0.15) is 13.2 Å². The van der Waals surface area contributed by atoms with Gasteiger partial charge in [-0.1, -0.05) is 6.07 Å². The van der Waals surface area contributed by atoms with Crippen LogP contribution in [0.15, 0.2) is 42.5 Å². The van der Waals surface area contributed by atoms with Crippen molar-refractivity contribution in [1.82, 2.24) is 10.6 Å². The first-order valence-corrected chi connectivity index (χ1v) is 9.06. The van der Waals surface area contributed by atoms with Crippen molar-refractivity contribution in [3.8, 4) is 0 Å². The van der Waals surface area contributed by atoms with Gasteiger partial charge in [0.1, 0.15) is 6.54 Å². The molecule has 0 radical (unpaired) electrons. The predicted molar refractivity (Wildman–Crippen MR) is 105 cm³/mol. The largest absolute Gasteiger partial charge is 0.405 e. The Morgan fingerprint density at radius 1 is 1.07 bits per heavy atom. The quantitative estimate of drug-likeness (QED) is 0.695. The topological polar surface area (TPSA) is 90.5 Å². The van der Waals surface area contributed by atoms with Gasteiger partial charge in [0.25, 0.3) is 11.8 Å². The summed E-state index contributed by atoms with van der Waals surface area (Å²) >= 11 is 0. The zero-order chi connectivity index (χ0) is 21.9. The Labute approximate surface area is 170 Å². The van der Waals surface area contributed by atoms with Crippen LogP contribution in [0.4, 0.5) is 29.3 Å². The maximum Gasteiger partial charge on any atom is 0.405 e. The third kappa shape index (κ3) is 5.07. The van der Waals surface area contributed by atoms with Crippen molar-refractivity contribution < 1.29 is 27.6 Å². The summed E-state index contributed by atoms with van der Waals surface area (Å²) < 4.78 is 36.9. The molecule has 2 aromatic rings. The number of rotatable bonds is 5. The third-order valence-electron chi connectivity index (χ3n) is 4.50. The molecule has 10 heteroatoms. The van der Waals surface area contributed by atoms with Crippen LogP contribution in [0.5, 0.6) is 0 Å². The van der Waals surface area contributed by atoms with E-state index in [1.54, 1.807) is 41.4 Å². The van der Waals surface area contributed by atoms with Crippen molar-refractivity contribution in [2.45, 2.75) is 13.1 Å². The van der Waals surface area contributed by atoms with Gasteiger partial charge in [0.2, 0.25) is 0 Å². The Hall–Kier alpha value is -3.56. The second-order valence-electron chi connectivity index (χ2n) is 6.71. The Bertz CT molecular complexity index is 974. The van der Waals surface area contributed by atoms with Crippen LogP contribution >= 0.6 is 0 Å². The number of hydrogen-bond acceptors (Lipinski definition) is 3. The maximum atomic E-state index is 12.5. The van der Waals surface area contributed by atoms with Gasteiger partial charge in [-0.3, -0.25) is 14.5 Å². The van der Waals surface area contributed by atoms with Crippen LogP contribution in [-0.2, 0) is 0 Å². The molecule has 1 aliphatic heterocycles. The summed E-state index contributed by atoms with van der Waals surface area (Å²) in [6, 6.07) is 10.4. The van der Waals surface area contributed by atoms with Crippen molar-refractivity contribution in [2.75, 3.05) is 29.9 Å². The molecule has 3 N–H and O–H groups in total. The molecule has 4 amide bonds. The Balaban J connectivity index is 1.70. The number of halogens is 3. The number of nitrogens with zero attached hydrogens (tertiary/aromatic N) is 1. The summed E-state index contributed by atoms with van der Waals surface area (Å²) in [5.41, 5.74) is 1.92. The highest BCUT2D eigenvalue weighted by molar-refractivity contribution is 6.06. The van der Waals surface area contributed by atoms with Crippen molar-refractivity contribution in [1.29, 1.82) is 0 Å². The van der Waals surface area contributed by atoms with Gasteiger partial charge in [0.15, 0.2) is 0 Å². The fourth-order valence-corrected chi connectivity index (χ4v) is 2.89. The summed E-state index contributed by atoms with van der Waals surface area (Å²) in [4.78, 5) is 37.7. The van der Waals surface area contributed by atoms with Gasteiger partial charge < -0.3 is 16.0 Å². The number of urea groups is 1. The van der Waals surface area contributed by atoms with E-state index in [1.807, 2.05) is 0 Å². The highest BCUT2D eigenvalue weighted by Gasteiger charge is 2.28. The van der Waals surface area contributed by atoms with Crippen LogP contribution in [-0.4, -0.2) is 43.7 Å². The van der Waals surface area contributed by atoms with E-state index >= 15 is 0 Å². The summed E-state index contributed by atoms with van der Waals surface area (Å²) in [6.45, 7) is 1.34. The Morgan fingerprint density at radius 2 is 1.73 bits per heavy atom. The molecule has 1 heterocycles. The molecular weight excluding hydrogens is 401 g/mol. The lowest BCUT2D eigenvalue weighted by atomic mass is 10.1. The highest BCUT2D eigenvalue weighted by atomic mass is 19.4. The molecule has 7 nitrogen and oxygen atoms in total. The minimum Gasteiger partial charge on any atom is -0.343 e. The van der Waals surface area contributed by atoms with Gasteiger partial charge in [0.05, 0.1) is 0 Å². The average molecular weight is 420 g/mol. The number of nitrogens with one attached hydrogen (secondary N) is 3. The van der Waals surface area contributed by atoms with Gasteiger partial charge in [-0.05, 0) is 48.9 Å². The van der Waals surface area contributed by atoms with Crippen molar-refractivity contribution in [2.24, 2.45) is 0 Å². The molecule has 158 valence electrons. The molecule has 0 unspecified atom stereocenters. The van der Waals surface area contributed by atoms with E-state index in [0.29, 0.717) is 35.6 Å². The number of carbonyl (C=O) groups excluding carboxylic acids is 3. The first kappa shape index (κ1) is 21.2. The Kier molecular flexibility index (Phi) is 5.95. The molecule has 1 saturated heterocycles. The molecule has 2 aromatic carbocycles. The summed E-state index contributed by atoms with van der Waals surface area (Å²) in [5.74, 6) is -1.35. The van der Waals surface area contributed by atoms with Gasteiger partial charge in [-0.25, -0.2) is 4.79 Å². The second-order valence-corrected chi connectivity index (χ2v) is 6.71. The van der Waals surface area contributed by atoms with Crippen molar-refractivity contribution in [3.63, 3.8) is 0 Å². The number of carbonyl (C=O) groups is 3. The number of amides is 4. The summed E-state index contributed by atoms with van der Waals surface area (Å²) in [5, 5.41) is 7.14. The second kappa shape index (κ2) is 8.44.